The van der Waals surface area contributed by atoms with Gasteiger partial charge in [-0.3, -0.25) is 20.0 Å². The average Bonchev–Trinajstić information content (AvgIpc) is 2.96. The molecule has 218 valence electrons. The molecule has 0 unspecified atom stereocenters. The van der Waals surface area contributed by atoms with Crippen molar-refractivity contribution in [2.45, 2.75) is 51.9 Å². The van der Waals surface area contributed by atoms with E-state index in [9.17, 15) is 19.5 Å². The molecule has 0 saturated heterocycles. The second kappa shape index (κ2) is 14.9. The van der Waals surface area contributed by atoms with Gasteiger partial charge in [0.1, 0.15) is 6.04 Å². The summed E-state index contributed by atoms with van der Waals surface area (Å²) in [6.07, 6.45) is 0.932. The van der Waals surface area contributed by atoms with Crippen molar-refractivity contribution in [3.05, 3.63) is 90.1 Å². The molecule has 41 heavy (non-hydrogen) atoms. The van der Waals surface area contributed by atoms with E-state index >= 15 is 0 Å². The topological polar surface area (TPSA) is 133 Å². The summed E-state index contributed by atoms with van der Waals surface area (Å²) in [5.41, 5.74) is 5.83. The Balaban J connectivity index is 1.83. The van der Waals surface area contributed by atoms with Gasteiger partial charge in [0.2, 0.25) is 6.41 Å². The minimum atomic E-state index is -1.03. The number of hydrazine groups is 1. The number of carbonyl (C=O) groups excluding carboxylic acids is 3. The highest BCUT2D eigenvalue weighted by Gasteiger charge is 2.34. The van der Waals surface area contributed by atoms with Gasteiger partial charge >= 0.3 is 6.09 Å². The summed E-state index contributed by atoms with van der Waals surface area (Å²) in [5, 5.41) is 18.1. The Morgan fingerprint density at radius 2 is 1.68 bits per heavy atom. The van der Waals surface area contributed by atoms with Gasteiger partial charge in [0.15, 0.2) is 0 Å². The van der Waals surface area contributed by atoms with Gasteiger partial charge in [-0.15, -0.1) is 0 Å². The Labute approximate surface area is 241 Å². The molecule has 3 aromatic rings. The Kier molecular flexibility index (Phi) is 11.4. The lowest BCUT2D eigenvalue weighted by Crippen LogP contribution is -2.59. The van der Waals surface area contributed by atoms with Crippen LogP contribution < -0.4 is 16.1 Å². The van der Waals surface area contributed by atoms with Crippen molar-refractivity contribution in [2.75, 3.05) is 13.7 Å². The van der Waals surface area contributed by atoms with Gasteiger partial charge in [0, 0.05) is 24.8 Å². The van der Waals surface area contributed by atoms with E-state index in [1.165, 1.54) is 7.11 Å². The maximum absolute atomic E-state index is 13.5. The summed E-state index contributed by atoms with van der Waals surface area (Å²) in [5.74, 6) is -0.469. The lowest BCUT2D eigenvalue weighted by molar-refractivity contribution is -0.131. The highest BCUT2D eigenvalue weighted by molar-refractivity contribution is 5.86. The number of aromatic nitrogens is 1. The van der Waals surface area contributed by atoms with Gasteiger partial charge in [-0.25, -0.2) is 9.80 Å². The second-order valence-corrected chi connectivity index (χ2v) is 10.9. The number of benzene rings is 2. The van der Waals surface area contributed by atoms with Crippen LogP contribution in [0.3, 0.4) is 0 Å². The Morgan fingerprint density at radius 1 is 1.00 bits per heavy atom. The van der Waals surface area contributed by atoms with Gasteiger partial charge in [0.05, 0.1) is 24.9 Å². The van der Waals surface area contributed by atoms with Crippen LogP contribution in [-0.2, 0) is 27.3 Å². The van der Waals surface area contributed by atoms with Crippen molar-refractivity contribution in [2.24, 2.45) is 5.41 Å². The molecule has 1 heterocycles. The molecule has 3 amide bonds. The van der Waals surface area contributed by atoms with Crippen molar-refractivity contribution in [3.63, 3.8) is 0 Å². The summed E-state index contributed by atoms with van der Waals surface area (Å²) in [4.78, 5) is 41.2. The minimum absolute atomic E-state index is 0.00115. The number of ether oxygens (including phenoxy) is 1. The number of aliphatic hydroxyl groups excluding tert-OH is 1. The highest BCUT2D eigenvalue weighted by Crippen LogP contribution is 2.21. The van der Waals surface area contributed by atoms with E-state index in [0.717, 1.165) is 22.4 Å². The van der Waals surface area contributed by atoms with E-state index in [1.807, 2.05) is 93.6 Å². The van der Waals surface area contributed by atoms with E-state index in [4.69, 9.17) is 4.74 Å². The Bertz CT molecular complexity index is 1250. The van der Waals surface area contributed by atoms with Crippen molar-refractivity contribution >= 4 is 18.4 Å². The molecule has 10 nitrogen and oxygen atoms in total. The standard InChI is InChI=1S/C31H39N5O5/c1-31(2,3)28(34-30(40)41-4)29(39)35-36(19-23-13-15-24(16-14-23)25-12-8-9-17-32-25)20-27(38)26(33-21-37)18-22-10-6-5-7-11-22/h5-17,21,26-28,38H,18-20H2,1-4H3,(H,33,37)(H,34,40)(H,35,39)/t26-,27-,28+/m0/s1. The van der Waals surface area contributed by atoms with Crippen LogP contribution in [0.4, 0.5) is 4.79 Å². The number of methoxy groups -OCH3 is 1. The molecule has 3 rings (SSSR count). The zero-order valence-electron chi connectivity index (χ0n) is 23.9. The lowest BCUT2D eigenvalue weighted by Gasteiger charge is -2.34. The van der Waals surface area contributed by atoms with Gasteiger partial charge in [-0.05, 0) is 35.1 Å². The molecule has 0 aliphatic rings. The van der Waals surface area contributed by atoms with Crippen molar-refractivity contribution in [1.82, 2.24) is 26.1 Å². The number of carbonyl (C=O) groups is 3. The zero-order valence-corrected chi connectivity index (χ0v) is 23.9. The normalized spacial score (nSPS) is 13.5. The Morgan fingerprint density at radius 3 is 2.27 bits per heavy atom. The van der Waals surface area contributed by atoms with E-state index in [0.29, 0.717) is 12.8 Å². The number of hydrogen-bond donors (Lipinski definition) is 4. The molecule has 1 aromatic heterocycles. The van der Waals surface area contributed by atoms with Crippen LogP contribution in [0.25, 0.3) is 11.3 Å². The summed E-state index contributed by atoms with van der Waals surface area (Å²) < 4.78 is 4.72. The van der Waals surface area contributed by atoms with Crippen LogP contribution in [0.2, 0.25) is 0 Å². The summed E-state index contributed by atoms with van der Waals surface area (Å²) in [6.45, 7) is 5.73. The van der Waals surface area contributed by atoms with Gasteiger partial charge < -0.3 is 20.5 Å². The molecule has 0 fully saturated rings. The van der Waals surface area contributed by atoms with Gasteiger partial charge in [-0.2, -0.15) is 0 Å². The maximum atomic E-state index is 13.5. The van der Waals surface area contributed by atoms with Crippen molar-refractivity contribution in [1.29, 1.82) is 0 Å². The number of nitrogens with zero attached hydrogens (tertiary/aromatic N) is 2. The third kappa shape index (κ3) is 9.70. The molecule has 0 radical (unpaired) electrons. The largest absolute Gasteiger partial charge is 0.453 e. The average molecular weight is 562 g/mol. The third-order valence-electron chi connectivity index (χ3n) is 6.58. The van der Waals surface area contributed by atoms with Crippen LogP contribution in [0.15, 0.2) is 79.0 Å². The molecule has 3 atom stereocenters. The fourth-order valence-electron chi connectivity index (χ4n) is 4.37. The Hall–Kier alpha value is -4.28. The maximum Gasteiger partial charge on any atom is 0.407 e. The molecule has 0 bridgehead atoms. The minimum Gasteiger partial charge on any atom is -0.453 e. The number of alkyl carbamates (subject to hydrolysis) is 1. The van der Waals surface area contributed by atoms with Crippen LogP contribution in [0, 0.1) is 5.41 Å². The first kappa shape index (κ1) is 31.3. The predicted octanol–water partition coefficient (Wildman–Crippen LogP) is 3.07. The fourth-order valence-corrected chi connectivity index (χ4v) is 4.37. The summed E-state index contributed by atoms with van der Waals surface area (Å²) in [7, 11) is 1.23. The van der Waals surface area contributed by atoms with Crippen molar-refractivity contribution < 1.29 is 24.2 Å². The highest BCUT2D eigenvalue weighted by atomic mass is 16.5. The summed E-state index contributed by atoms with van der Waals surface area (Å²) >= 11 is 0. The van der Waals surface area contributed by atoms with Crippen LogP contribution >= 0.6 is 0 Å². The molecule has 4 N–H and O–H groups in total. The monoisotopic (exact) mass is 561 g/mol. The molecular formula is C31H39N5O5. The number of hydrogen-bond acceptors (Lipinski definition) is 7. The van der Waals surface area contributed by atoms with Crippen LogP contribution in [-0.4, -0.2) is 65.4 Å². The number of rotatable bonds is 13. The first-order chi connectivity index (χ1) is 19.6. The van der Waals surface area contributed by atoms with E-state index < -0.39 is 35.6 Å². The molecular weight excluding hydrogens is 522 g/mol. The first-order valence-corrected chi connectivity index (χ1v) is 13.4. The van der Waals surface area contributed by atoms with E-state index in [2.05, 4.69) is 21.0 Å². The van der Waals surface area contributed by atoms with E-state index in [1.54, 1.807) is 11.2 Å². The van der Waals surface area contributed by atoms with Gasteiger partial charge in [0.25, 0.3) is 5.91 Å². The molecule has 0 spiro atoms. The number of aliphatic hydroxyl groups is 1. The second-order valence-electron chi connectivity index (χ2n) is 10.9. The molecule has 0 aliphatic carbocycles. The zero-order chi connectivity index (χ0) is 29.8. The number of nitrogens with one attached hydrogen (secondary N) is 3. The molecule has 0 aliphatic heterocycles. The molecule has 0 saturated carbocycles. The van der Waals surface area contributed by atoms with Crippen molar-refractivity contribution in [3.8, 4) is 11.3 Å². The molecule has 2 aromatic carbocycles. The lowest BCUT2D eigenvalue weighted by atomic mass is 9.86. The first-order valence-electron chi connectivity index (χ1n) is 13.4. The predicted molar refractivity (Wildman–Crippen MR) is 156 cm³/mol. The SMILES string of the molecule is COC(=O)N[C@H](C(=O)NN(Cc1ccc(-c2ccccn2)cc1)C[C@H](O)[C@H](Cc1ccccc1)NC=O)C(C)(C)C. The summed E-state index contributed by atoms with van der Waals surface area (Å²) in [6, 6.07) is 21.4. The third-order valence-corrected chi connectivity index (χ3v) is 6.58. The fraction of sp³-hybridized carbons (Fsp3) is 0.355. The number of pyridine rings is 1. The van der Waals surface area contributed by atoms with Crippen LogP contribution in [0.1, 0.15) is 31.9 Å². The van der Waals surface area contributed by atoms with E-state index in [-0.39, 0.29) is 13.1 Å². The quantitative estimate of drug-likeness (QED) is 0.186. The smallest absolute Gasteiger partial charge is 0.407 e. The molecule has 10 heteroatoms. The van der Waals surface area contributed by atoms with Crippen LogP contribution in [0.5, 0.6) is 0 Å². The van der Waals surface area contributed by atoms with Gasteiger partial charge in [-0.1, -0.05) is 81.4 Å². The number of amides is 3.